The molecule has 0 aliphatic heterocycles. The Kier molecular flexibility index (Phi) is 5.99. The average Bonchev–Trinajstić information content (AvgIpc) is 2.63. The highest BCUT2D eigenvalue weighted by atomic mass is 16.6. The predicted molar refractivity (Wildman–Crippen MR) is 92.3 cm³/mol. The molecule has 0 saturated carbocycles. The largest absolute Gasteiger partial charge is 0.479 e. The Labute approximate surface area is 148 Å². The Hall–Kier alpha value is -3.75. The monoisotopic (exact) mass is 357 g/mol. The topological polar surface area (TPSA) is 131 Å². The third-order valence-corrected chi connectivity index (χ3v) is 3.24. The van der Waals surface area contributed by atoms with Crippen molar-refractivity contribution in [3.05, 3.63) is 69.8 Å². The smallest absolute Gasteiger partial charge is 0.344 e. The minimum Gasteiger partial charge on any atom is -0.479 e. The number of aliphatic carboxylic acids is 1. The van der Waals surface area contributed by atoms with E-state index in [9.17, 15) is 19.7 Å². The molecule has 0 aromatic heterocycles. The molecular weight excluding hydrogens is 342 g/mol. The summed E-state index contributed by atoms with van der Waals surface area (Å²) in [6.07, 6.45) is 0.406. The van der Waals surface area contributed by atoms with Crippen LogP contribution in [0.2, 0.25) is 0 Å². The second kappa shape index (κ2) is 8.38. The van der Waals surface area contributed by atoms with Crippen LogP contribution >= 0.6 is 0 Å². The Bertz CT molecular complexity index is 848. The molecular formula is C17H15N3O6. The predicted octanol–water partition coefficient (Wildman–Crippen LogP) is 2.21. The fourth-order valence-corrected chi connectivity index (χ4v) is 1.88. The second-order valence-electron chi connectivity index (χ2n) is 5.17. The van der Waals surface area contributed by atoms with Gasteiger partial charge in [0.15, 0.2) is 6.10 Å². The van der Waals surface area contributed by atoms with Crippen LogP contribution in [0.25, 0.3) is 0 Å². The van der Waals surface area contributed by atoms with E-state index in [2.05, 4.69) is 10.5 Å². The van der Waals surface area contributed by atoms with E-state index in [1.54, 1.807) is 24.3 Å². The van der Waals surface area contributed by atoms with Crippen molar-refractivity contribution in [2.75, 3.05) is 0 Å². The van der Waals surface area contributed by atoms with Crippen LogP contribution in [0.1, 0.15) is 22.8 Å². The van der Waals surface area contributed by atoms with E-state index < -0.39 is 22.9 Å². The van der Waals surface area contributed by atoms with Crippen LogP contribution in [0.3, 0.4) is 0 Å². The van der Waals surface area contributed by atoms with Crippen molar-refractivity contribution in [1.29, 1.82) is 0 Å². The van der Waals surface area contributed by atoms with Crippen LogP contribution in [0.5, 0.6) is 5.75 Å². The number of ether oxygens (including phenoxy) is 1. The number of carboxylic acids is 1. The summed E-state index contributed by atoms with van der Waals surface area (Å²) < 4.78 is 5.19. The zero-order chi connectivity index (χ0) is 19.1. The van der Waals surface area contributed by atoms with Crippen molar-refractivity contribution in [3.8, 4) is 5.75 Å². The molecule has 0 aliphatic carbocycles. The molecule has 9 nitrogen and oxygen atoms in total. The quantitative estimate of drug-likeness (QED) is 0.444. The number of rotatable bonds is 7. The highest BCUT2D eigenvalue weighted by Gasteiger charge is 2.12. The molecule has 0 heterocycles. The van der Waals surface area contributed by atoms with Gasteiger partial charge in [0.05, 0.1) is 11.1 Å². The van der Waals surface area contributed by atoms with Crippen LogP contribution < -0.4 is 10.2 Å². The van der Waals surface area contributed by atoms with E-state index >= 15 is 0 Å². The van der Waals surface area contributed by atoms with Gasteiger partial charge >= 0.3 is 5.97 Å². The molecule has 2 N–H and O–H groups in total. The van der Waals surface area contributed by atoms with Crippen molar-refractivity contribution in [3.63, 3.8) is 0 Å². The Morgan fingerprint density at radius 3 is 2.58 bits per heavy atom. The molecule has 9 heteroatoms. The number of nitrogens with zero attached hydrogens (tertiary/aromatic N) is 2. The zero-order valence-electron chi connectivity index (χ0n) is 13.7. The van der Waals surface area contributed by atoms with Crippen molar-refractivity contribution >= 4 is 23.8 Å². The number of hydrogen-bond acceptors (Lipinski definition) is 6. The Morgan fingerprint density at radius 2 is 1.96 bits per heavy atom. The Morgan fingerprint density at radius 1 is 1.27 bits per heavy atom. The molecule has 2 aromatic carbocycles. The first-order valence-electron chi connectivity index (χ1n) is 7.44. The summed E-state index contributed by atoms with van der Waals surface area (Å²) in [4.78, 5) is 32.8. The molecule has 2 rings (SSSR count). The molecule has 1 amide bonds. The van der Waals surface area contributed by atoms with E-state index in [-0.39, 0.29) is 11.3 Å². The number of nitrogens with one attached hydrogen (secondary N) is 1. The van der Waals surface area contributed by atoms with Gasteiger partial charge in [-0.05, 0) is 42.8 Å². The molecule has 1 atom stereocenters. The van der Waals surface area contributed by atoms with Crippen molar-refractivity contribution in [2.45, 2.75) is 13.0 Å². The fourth-order valence-electron chi connectivity index (χ4n) is 1.88. The second-order valence-corrected chi connectivity index (χ2v) is 5.17. The van der Waals surface area contributed by atoms with Crippen molar-refractivity contribution in [2.24, 2.45) is 5.10 Å². The maximum absolute atomic E-state index is 11.9. The molecule has 0 bridgehead atoms. The molecule has 0 saturated heterocycles. The van der Waals surface area contributed by atoms with Crippen LogP contribution in [0.4, 0.5) is 5.69 Å². The summed E-state index contributed by atoms with van der Waals surface area (Å²) in [7, 11) is 0. The summed E-state index contributed by atoms with van der Waals surface area (Å²) in [5, 5.41) is 23.3. The normalized spacial score (nSPS) is 11.7. The van der Waals surface area contributed by atoms with Gasteiger partial charge < -0.3 is 9.84 Å². The van der Waals surface area contributed by atoms with Gasteiger partial charge in [0.25, 0.3) is 11.6 Å². The standard InChI is InChI=1S/C17H15N3O6/c1-11(17(22)23)26-15-7-5-12(6-8-15)10-18-19-16(21)13-3-2-4-14(9-13)20(24)25/h2-11H,1H3,(H,19,21)(H,22,23)/b18-10-/t11-/m0/s1. The van der Waals surface area contributed by atoms with E-state index in [1.165, 1.54) is 31.3 Å². The van der Waals surface area contributed by atoms with E-state index in [0.29, 0.717) is 11.3 Å². The minimum absolute atomic E-state index is 0.114. The molecule has 0 aliphatic rings. The molecule has 0 fully saturated rings. The number of nitro benzene ring substituents is 1. The van der Waals surface area contributed by atoms with Gasteiger partial charge in [-0.3, -0.25) is 14.9 Å². The third-order valence-electron chi connectivity index (χ3n) is 3.24. The van der Waals surface area contributed by atoms with Crippen LogP contribution in [0, 0.1) is 10.1 Å². The third kappa shape index (κ3) is 5.13. The first-order chi connectivity index (χ1) is 12.4. The maximum atomic E-state index is 11.9. The Balaban J connectivity index is 1.95. The van der Waals surface area contributed by atoms with E-state index in [1.807, 2.05) is 0 Å². The maximum Gasteiger partial charge on any atom is 0.344 e. The number of carboxylic acid groups (broad SMARTS) is 1. The van der Waals surface area contributed by atoms with E-state index in [0.717, 1.165) is 6.07 Å². The molecule has 26 heavy (non-hydrogen) atoms. The van der Waals surface area contributed by atoms with Crippen LogP contribution in [-0.4, -0.2) is 34.2 Å². The number of hydrogen-bond donors (Lipinski definition) is 2. The number of amides is 1. The molecule has 0 spiro atoms. The van der Waals surface area contributed by atoms with E-state index in [4.69, 9.17) is 9.84 Å². The van der Waals surface area contributed by atoms with Gasteiger partial charge in [-0.1, -0.05) is 6.07 Å². The SMILES string of the molecule is C[C@H](Oc1ccc(/C=N\NC(=O)c2cccc([N+](=O)[O-])c2)cc1)C(=O)O. The minimum atomic E-state index is -1.07. The fraction of sp³-hybridized carbons (Fsp3) is 0.118. The van der Waals surface area contributed by atoms with Gasteiger partial charge in [-0.2, -0.15) is 5.10 Å². The van der Waals surface area contributed by atoms with Gasteiger partial charge in [0, 0.05) is 17.7 Å². The van der Waals surface area contributed by atoms with Crippen LogP contribution in [-0.2, 0) is 4.79 Å². The summed E-state index contributed by atoms with van der Waals surface area (Å²) in [6.45, 7) is 1.42. The van der Waals surface area contributed by atoms with Gasteiger partial charge in [0.2, 0.25) is 0 Å². The molecule has 2 aromatic rings. The summed E-state index contributed by atoms with van der Waals surface area (Å²) in [5.41, 5.74) is 2.84. The number of nitro groups is 1. The number of benzene rings is 2. The molecule has 0 radical (unpaired) electrons. The molecule has 0 unspecified atom stereocenters. The number of hydrazone groups is 1. The number of carbonyl (C=O) groups is 2. The van der Waals surface area contributed by atoms with Crippen molar-refractivity contribution in [1.82, 2.24) is 5.43 Å². The average molecular weight is 357 g/mol. The number of non-ortho nitro benzene ring substituents is 1. The summed E-state index contributed by atoms with van der Waals surface area (Å²) in [5.74, 6) is -1.27. The van der Waals surface area contributed by atoms with Gasteiger partial charge in [-0.15, -0.1) is 0 Å². The van der Waals surface area contributed by atoms with Crippen molar-refractivity contribution < 1.29 is 24.4 Å². The lowest BCUT2D eigenvalue weighted by Crippen LogP contribution is -2.22. The number of carbonyl (C=O) groups excluding carboxylic acids is 1. The highest BCUT2D eigenvalue weighted by Crippen LogP contribution is 2.14. The van der Waals surface area contributed by atoms with Crippen LogP contribution in [0.15, 0.2) is 53.6 Å². The lowest BCUT2D eigenvalue weighted by atomic mass is 10.2. The molecule has 134 valence electrons. The zero-order valence-corrected chi connectivity index (χ0v) is 13.7. The lowest BCUT2D eigenvalue weighted by molar-refractivity contribution is -0.384. The summed E-state index contributed by atoms with van der Waals surface area (Å²) in [6, 6.07) is 11.7. The first kappa shape index (κ1) is 18.6. The highest BCUT2D eigenvalue weighted by molar-refractivity contribution is 5.95. The summed E-state index contributed by atoms with van der Waals surface area (Å²) >= 11 is 0. The van der Waals surface area contributed by atoms with Gasteiger partial charge in [-0.25, -0.2) is 10.2 Å². The first-order valence-corrected chi connectivity index (χ1v) is 7.44. The lowest BCUT2D eigenvalue weighted by Gasteiger charge is -2.09. The van der Waals surface area contributed by atoms with Gasteiger partial charge in [0.1, 0.15) is 5.75 Å².